The first-order valence-corrected chi connectivity index (χ1v) is 9.58. The van der Waals surface area contributed by atoms with E-state index in [0.29, 0.717) is 18.5 Å². The Labute approximate surface area is 157 Å². The molecule has 0 unspecified atom stereocenters. The van der Waals surface area contributed by atoms with Crippen LogP contribution in [0.2, 0.25) is 0 Å². The molecule has 8 nitrogen and oxygen atoms in total. The molecule has 0 aromatic heterocycles. The summed E-state index contributed by atoms with van der Waals surface area (Å²) in [5.41, 5.74) is 6.33. The predicted molar refractivity (Wildman–Crippen MR) is 96.5 cm³/mol. The first kappa shape index (κ1) is 16.7. The Balaban J connectivity index is 1.45. The Morgan fingerprint density at radius 3 is 2.70 bits per heavy atom. The zero-order valence-corrected chi connectivity index (χ0v) is 15.1. The van der Waals surface area contributed by atoms with Crippen molar-refractivity contribution in [1.29, 1.82) is 0 Å². The van der Waals surface area contributed by atoms with E-state index < -0.39 is 6.03 Å². The first-order valence-electron chi connectivity index (χ1n) is 9.58. The summed E-state index contributed by atoms with van der Waals surface area (Å²) in [5.74, 6) is 2.25. The number of hydrogen-bond acceptors (Lipinski definition) is 5. The smallest absolute Gasteiger partial charge is 0.312 e. The van der Waals surface area contributed by atoms with Crippen LogP contribution >= 0.6 is 0 Å². The Bertz CT molecular complexity index is 777. The van der Waals surface area contributed by atoms with Crippen LogP contribution in [0.1, 0.15) is 24.3 Å². The number of hydrogen-bond donors (Lipinski definition) is 2. The summed E-state index contributed by atoms with van der Waals surface area (Å²) in [7, 11) is 0. The van der Waals surface area contributed by atoms with E-state index in [-0.39, 0.29) is 31.2 Å². The van der Waals surface area contributed by atoms with Gasteiger partial charge in [0.25, 0.3) is 0 Å². The molecule has 1 aromatic rings. The number of urea groups is 1. The number of nitrogens with one attached hydrogen (secondary N) is 1. The summed E-state index contributed by atoms with van der Waals surface area (Å²) < 4.78 is 11.0. The van der Waals surface area contributed by atoms with Crippen molar-refractivity contribution in [1.82, 2.24) is 15.1 Å². The summed E-state index contributed by atoms with van der Waals surface area (Å²) in [4.78, 5) is 28.4. The Hall–Kier alpha value is -2.48. The minimum absolute atomic E-state index is 0.0425. The molecule has 0 saturated carbocycles. The van der Waals surface area contributed by atoms with Gasteiger partial charge in [0.2, 0.25) is 12.7 Å². The Kier molecular flexibility index (Phi) is 3.89. The first-order chi connectivity index (χ1) is 13.1. The number of likely N-dealkylation sites (tertiary alicyclic amines) is 1. The highest BCUT2D eigenvalue weighted by molar-refractivity contribution is 5.84. The fourth-order valence-corrected chi connectivity index (χ4v) is 5.41. The predicted octanol–water partition coefficient (Wildman–Crippen LogP) is 0.472. The summed E-state index contributed by atoms with van der Waals surface area (Å²) in [6.45, 7) is 3.05. The summed E-state index contributed by atoms with van der Waals surface area (Å²) >= 11 is 0. The molecule has 6 rings (SSSR count). The summed E-state index contributed by atoms with van der Waals surface area (Å²) in [5, 5.41) is 2.45. The van der Waals surface area contributed by atoms with Gasteiger partial charge in [0.1, 0.15) is 0 Å². The van der Waals surface area contributed by atoms with Crippen molar-refractivity contribution in [3.8, 4) is 11.5 Å². The third-order valence-electron chi connectivity index (χ3n) is 6.55. The molecule has 5 heterocycles. The van der Waals surface area contributed by atoms with Crippen LogP contribution in [0.4, 0.5) is 4.79 Å². The third kappa shape index (κ3) is 2.70. The zero-order valence-electron chi connectivity index (χ0n) is 15.1. The second-order valence-corrected chi connectivity index (χ2v) is 7.84. The lowest BCUT2D eigenvalue weighted by atomic mass is 9.75. The molecule has 3 amide bonds. The molecule has 0 radical (unpaired) electrons. The highest BCUT2D eigenvalue weighted by Crippen LogP contribution is 2.47. The normalized spacial score (nSPS) is 33.0. The SMILES string of the molecule is NC(=O)NCC(=O)N1C[C@@H](c2ccc3c(c2)OCO3)[C@@H]2[C@H]1C1CCN2CC1. The average molecular weight is 372 g/mol. The fourth-order valence-electron chi connectivity index (χ4n) is 5.41. The lowest BCUT2D eigenvalue weighted by Crippen LogP contribution is -2.61. The molecule has 5 aliphatic heterocycles. The molecule has 8 heteroatoms. The number of nitrogens with zero attached hydrogens (tertiary/aromatic N) is 2. The monoisotopic (exact) mass is 372 g/mol. The van der Waals surface area contributed by atoms with Crippen molar-refractivity contribution in [3.63, 3.8) is 0 Å². The van der Waals surface area contributed by atoms with Gasteiger partial charge in [-0.05, 0) is 49.5 Å². The van der Waals surface area contributed by atoms with Crippen molar-refractivity contribution in [3.05, 3.63) is 23.8 Å². The van der Waals surface area contributed by atoms with E-state index in [1.165, 1.54) is 5.56 Å². The number of carbonyl (C=O) groups is 2. The lowest BCUT2D eigenvalue weighted by Gasteiger charge is -2.51. The van der Waals surface area contributed by atoms with Crippen LogP contribution in [-0.4, -0.2) is 66.8 Å². The topological polar surface area (TPSA) is 97.1 Å². The standard InChI is InChI=1S/C19H24N4O4/c20-19(25)21-8-16(24)23-9-13(12-1-2-14-15(7-12)27-10-26-14)18-17(23)11-3-5-22(18)6-4-11/h1-2,7,11,13,17-18H,3-6,8-10H2,(H3,20,21,25)/t13-,17+,18+/m0/s1. The van der Waals surface area contributed by atoms with Gasteiger partial charge in [0.15, 0.2) is 11.5 Å². The maximum absolute atomic E-state index is 12.8. The van der Waals surface area contributed by atoms with Gasteiger partial charge in [-0.1, -0.05) is 6.07 Å². The zero-order chi connectivity index (χ0) is 18.5. The van der Waals surface area contributed by atoms with E-state index in [4.69, 9.17) is 15.2 Å². The van der Waals surface area contributed by atoms with Crippen molar-refractivity contribution in [2.75, 3.05) is 33.0 Å². The minimum Gasteiger partial charge on any atom is -0.454 e. The van der Waals surface area contributed by atoms with Gasteiger partial charge < -0.3 is 25.4 Å². The molecule has 0 spiro atoms. The number of nitrogens with two attached hydrogens (primary N) is 1. The summed E-state index contributed by atoms with van der Waals surface area (Å²) in [6, 6.07) is 5.96. The molecule has 4 saturated heterocycles. The highest BCUT2D eigenvalue weighted by Gasteiger charge is 2.54. The molecule has 1 aromatic carbocycles. The maximum atomic E-state index is 12.8. The largest absolute Gasteiger partial charge is 0.454 e. The van der Waals surface area contributed by atoms with Crippen molar-refractivity contribution >= 4 is 11.9 Å². The van der Waals surface area contributed by atoms with Gasteiger partial charge in [-0.2, -0.15) is 0 Å². The number of ether oxygens (including phenoxy) is 2. The maximum Gasteiger partial charge on any atom is 0.312 e. The van der Waals surface area contributed by atoms with Crippen molar-refractivity contribution in [2.45, 2.75) is 30.8 Å². The van der Waals surface area contributed by atoms with Gasteiger partial charge in [-0.3, -0.25) is 9.69 Å². The molecule has 3 N–H and O–H groups in total. The van der Waals surface area contributed by atoms with E-state index in [9.17, 15) is 9.59 Å². The minimum atomic E-state index is -0.666. The molecule has 3 atom stereocenters. The van der Waals surface area contributed by atoms with Crippen molar-refractivity contribution < 1.29 is 19.1 Å². The number of amides is 3. The Morgan fingerprint density at radius 1 is 1.15 bits per heavy atom. The number of rotatable bonds is 3. The second-order valence-electron chi connectivity index (χ2n) is 7.84. The number of piperidine rings is 3. The molecule has 0 aliphatic carbocycles. The number of carbonyl (C=O) groups excluding carboxylic acids is 2. The van der Waals surface area contributed by atoms with Crippen LogP contribution in [0.5, 0.6) is 11.5 Å². The number of fused-ring (bicyclic) bond motifs is 3. The molecule has 2 bridgehead atoms. The van der Waals surface area contributed by atoms with Gasteiger partial charge in [-0.25, -0.2) is 4.79 Å². The van der Waals surface area contributed by atoms with Crippen LogP contribution in [0, 0.1) is 5.92 Å². The van der Waals surface area contributed by atoms with Gasteiger partial charge in [-0.15, -0.1) is 0 Å². The molecular weight excluding hydrogens is 348 g/mol. The van der Waals surface area contributed by atoms with Crippen molar-refractivity contribution in [2.24, 2.45) is 11.7 Å². The number of benzene rings is 1. The van der Waals surface area contributed by atoms with E-state index >= 15 is 0 Å². The van der Waals surface area contributed by atoms with Gasteiger partial charge >= 0.3 is 6.03 Å². The van der Waals surface area contributed by atoms with Gasteiger partial charge in [0, 0.05) is 18.5 Å². The molecule has 4 fully saturated rings. The molecule has 27 heavy (non-hydrogen) atoms. The quantitative estimate of drug-likeness (QED) is 0.804. The average Bonchev–Trinajstić information content (AvgIpc) is 3.32. The molecule has 5 aliphatic rings. The van der Waals surface area contributed by atoms with Crippen LogP contribution in [0.15, 0.2) is 18.2 Å². The van der Waals surface area contributed by atoms with E-state index in [0.717, 1.165) is 37.4 Å². The van der Waals surface area contributed by atoms with Crippen LogP contribution in [0.25, 0.3) is 0 Å². The van der Waals surface area contributed by atoms with E-state index in [1.54, 1.807) is 0 Å². The molecule has 144 valence electrons. The van der Waals surface area contributed by atoms with Crippen LogP contribution < -0.4 is 20.5 Å². The molecular formula is C19H24N4O4. The fraction of sp³-hybridized carbons (Fsp3) is 0.579. The Morgan fingerprint density at radius 2 is 1.93 bits per heavy atom. The van der Waals surface area contributed by atoms with Crippen LogP contribution in [-0.2, 0) is 4.79 Å². The van der Waals surface area contributed by atoms with E-state index in [1.807, 2.05) is 11.0 Å². The second kappa shape index (κ2) is 6.30. The highest BCUT2D eigenvalue weighted by atomic mass is 16.7. The third-order valence-corrected chi connectivity index (χ3v) is 6.55. The van der Waals surface area contributed by atoms with E-state index in [2.05, 4.69) is 22.3 Å². The summed E-state index contributed by atoms with van der Waals surface area (Å²) in [6.07, 6.45) is 2.25. The van der Waals surface area contributed by atoms with Gasteiger partial charge in [0.05, 0.1) is 12.6 Å². The number of primary amides is 1. The van der Waals surface area contributed by atoms with Crippen LogP contribution in [0.3, 0.4) is 0 Å². The lowest BCUT2D eigenvalue weighted by molar-refractivity contribution is -0.134.